The third kappa shape index (κ3) is 2.39. The van der Waals surface area contributed by atoms with E-state index in [0.29, 0.717) is 5.71 Å². The Morgan fingerprint density at radius 1 is 0.625 bits per heavy atom. The molecular formula is C19H14N2O2S. The zero-order chi connectivity index (χ0) is 16.6. The van der Waals surface area contributed by atoms with E-state index in [9.17, 15) is 8.42 Å². The second-order valence-corrected chi connectivity index (χ2v) is 7.12. The van der Waals surface area contributed by atoms with Crippen molar-refractivity contribution in [2.75, 3.05) is 0 Å². The SMILES string of the molecule is O=S(=O)(NN=C1c2ccccc2-c2ccccc21)c1ccccc1. The maximum atomic E-state index is 12.4. The molecule has 4 nitrogen and oxygen atoms in total. The lowest BCUT2D eigenvalue weighted by Gasteiger charge is -2.05. The van der Waals surface area contributed by atoms with E-state index >= 15 is 0 Å². The largest absolute Gasteiger partial charge is 0.276 e. The lowest BCUT2D eigenvalue weighted by molar-refractivity contribution is 0.584. The summed E-state index contributed by atoms with van der Waals surface area (Å²) in [5.41, 5.74) is 4.61. The van der Waals surface area contributed by atoms with Crippen molar-refractivity contribution < 1.29 is 8.42 Å². The van der Waals surface area contributed by atoms with Crippen LogP contribution >= 0.6 is 0 Å². The van der Waals surface area contributed by atoms with Crippen LogP contribution in [0.1, 0.15) is 11.1 Å². The van der Waals surface area contributed by atoms with E-state index in [1.165, 1.54) is 0 Å². The molecule has 0 atom stereocenters. The van der Waals surface area contributed by atoms with Gasteiger partial charge < -0.3 is 0 Å². The van der Waals surface area contributed by atoms with E-state index in [-0.39, 0.29) is 4.90 Å². The molecule has 4 rings (SSSR count). The molecule has 0 aromatic heterocycles. The predicted molar refractivity (Wildman–Crippen MR) is 94.3 cm³/mol. The number of nitrogens with zero attached hydrogens (tertiary/aromatic N) is 1. The Morgan fingerprint density at radius 2 is 1.08 bits per heavy atom. The fourth-order valence-electron chi connectivity index (χ4n) is 2.87. The van der Waals surface area contributed by atoms with Crippen LogP contribution in [0.25, 0.3) is 11.1 Å². The average molecular weight is 334 g/mol. The van der Waals surface area contributed by atoms with Gasteiger partial charge in [-0.1, -0.05) is 66.7 Å². The van der Waals surface area contributed by atoms with Gasteiger partial charge in [0, 0.05) is 11.1 Å². The maximum absolute atomic E-state index is 12.4. The first kappa shape index (κ1) is 14.7. The van der Waals surface area contributed by atoms with Crippen LogP contribution in [-0.2, 0) is 10.0 Å². The fourth-order valence-corrected chi connectivity index (χ4v) is 3.70. The van der Waals surface area contributed by atoms with Crippen LogP contribution in [0.4, 0.5) is 0 Å². The molecule has 0 amide bonds. The second kappa shape index (κ2) is 5.62. The number of hydrogen-bond donors (Lipinski definition) is 1. The first-order valence-electron chi connectivity index (χ1n) is 7.50. The van der Waals surface area contributed by atoms with Crippen LogP contribution in [0.3, 0.4) is 0 Å². The van der Waals surface area contributed by atoms with Gasteiger partial charge in [0.15, 0.2) is 0 Å². The molecule has 1 aliphatic carbocycles. The van der Waals surface area contributed by atoms with Crippen molar-refractivity contribution in [3.05, 3.63) is 90.0 Å². The van der Waals surface area contributed by atoms with Crippen LogP contribution in [0, 0.1) is 0 Å². The third-order valence-corrected chi connectivity index (χ3v) is 5.21. The molecule has 0 heterocycles. The van der Waals surface area contributed by atoms with Crippen molar-refractivity contribution in [3.8, 4) is 11.1 Å². The minimum atomic E-state index is -3.69. The van der Waals surface area contributed by atoms with E-state index in [4.69, 9.17) is 0 Å². The minimum Gasteiger partial charge on any atom is -0.200 e. The van der Waals surface area contributed by atoms with Gasteiger partial charge in [-0.3, -0.25) is 0 Å². The topological polar surface area (TPSA) is 58.5 Å². The zero-order valence-electron chi connectivity index (χ0n) is 12.7. The van der Waals surface area contributed by atoms with Crippen LogP contribution in [-0.4, -0.2) is 14.1 Å². The van der Waals surface area contributed by atoms with E-state index in [1.54, 1.807) is 30.3 Å². The molecule has 118 valence electrons. The molecule has 24 heavy (non-hydrogen) atoms. The third-order valence-electron chi connectivity index (χ3n) is 3.99. The Hall–Kier alpha value is -2.92. The van der Waals surface area contributed by atoms with Gasteiger partial charge >= 0.3 is 0 Å². The number of benzene rings is 3. The van der Waals surface area contributed by atoms with E-state index < -0.39 is 10.0 Å². The first-order valence-corrected chi connectivity index (χ1v) is 8.99. The molecule has 0 saturated heterocycles. The molecule has 5 heteroatoms. The maximum Gasteiger partial charge on any atom is 0.276 e. The summed E-state index contributed by atoms with van der Waals surface area (Å²) < 4.78 is 24.8. The van der Waals surface area contributed by atoms with E-state index in [2.05, 4.69) is 9.93 Å². The quantitative estimate of drug-likeness (QED) is 0.584. The summed E-state index contributed by atoms with van der Waals surface area (Å²) in [7, 11) is -3.69. The lowest BCUT2D eigenvalue weighted by Crippen LogP contribution is -2.20. The normalized spacial score (nSPS) is 12.4. The zero-order valence-corrected chi connectivity index (χ0v) is 13.5. The molecule has 0 unspecified atom stereocenters. The Morgan fingerprint density at radius 3 is 1.62 bits per heavy atom. The van der Waals surface area contributed by atoms with Crippen molar-refractivity contribution >= 4 is 15.7 Å². The molecule has 3 aromatic carbocycles. The van der Waals surface area contributed by atoms with Crippen LogP contribution in [0.5, 0.6) is 0 Å². The van der Waals surface area contributed by atoms with Gasteiger partial charge in [0.25, 0.3) is 10.0 Å². The molecule has 1 aliphatic rings. The van der Waals surface area contributed by atoms with Gasteiger partial charge in [0.05, 0.1) is 10.6 Å². The summed E-state index contributed by atoms with van der Waals surface area (Å²) in [5, 5.41) is 4.23. The summed E-state index contributed by atoms with van der Waals surface area (Å²) in [5.74, 6) is 0. The van der Waals surface area contributed by atoms with Gasteiger partial charge in [-0.25, -0.2) is 0 Å². The minimum absolute atomic E-state index is 0.189. The summed E-state index contributed by atoms with van der Waals surface area (Å²) >= 11 is 0. The van der Waals surface area contributed by atoms with Crippen LogP contribution in [0.2, 0.25) is 0 Å². The molecule has 3 aromatic rings. The molecule has 1 N–H and O–H groups in total. The molecular weight excluding hydrogens is 320 g/mol. The van der Waals surface area contributed by atoms with Crippen molar-refractivity contribution in [1.29, 1.82) is 0 Å². The molecule has 0 spiro atoms. The Labute approximate surface area is 140 Å². The molecule has 0 aliphatic heterocycles. The van der Waals surface area contributed by atoms with Gasteiger partial charge in [-0.05, 0) is 23.3 Å². The predicted octanol–water partition coefficient (Wildman–Crippen LogP) is 3.40. The van der Waals surface area contributed by atoms with Gasteiger partial charge in [0.1, 0.15) is 0 Å². The van der Waals surface area contributed by atoms with Crippen molar-refractivity contribution in [2.45, 2.75) is 4.90 Å². The van der Waals surface area contributed by atoms with Crippen molar-refractivity contribution in [3.63, 3.8) is 0 Å². The molecule has 0 radical (unpaired) electrons. The van der Waals surface area contributed by atoms with Crippen molar-refractivity contribution in [1.82, 2.24) is 4.83 Å². The monoisotopic (exact) mass is 334 g/mol. The molecule has 0 bridgehead atoms. The number of hydrogen-bond acceptors (Lipinski definition) is 3. The lowest BCUT2D eigenvalue weighted by atomic mass is 10.1. The van der Waals surface area contributed by atoms with Crippen molar-refractivity contribution in [2.24, 2.45) is 5.10 Å². The van der Waals surface area contributed by atoms with Crippen LogP contribution < -0.4 is 4.83 Å². The van der Waals surface area contributed by atoms with E-state index in [0.717, 1.165) is 22.3 Å². The molecule has 0 fully saturated rings. The Balaban J connectivity index is 1.78. The highest BCUT2D eigenvalue weighted by Crippen LogP contribution is 2.36. The fraction of sp³-hybridized carbons (Fsp3) is 0. The second-order valence-electron chi connectivity index (χ2n) is 5.46. The highest BCUT2D eigenvalue weighted by Gasteiger charge is 2.24. The number of sulfonamides is 1. The van der Waals surface area contributed by atoms with Gasteiger partial charge in [-0.2, -0.15) is 18.4 Å². The van der Waals surface area contributed by atoms with Gasteiger partial charge in [-0.15, -0.1) is 0 Å². The number of nitrogens with one attached hydrogen (secondary N) is 1. The summed E-state index contributed by atoms with van der Waals surface area (Å²) in [6, 6.07) is 23.9. The Kier molecular flexibility index (Phi) is 3.43. The standard InChI is InChI=1S/C19H14N2O2S/c22-24(23,14-8-2-1-3-9-14)21-20-19-17-12-6-4-10-15(17)16-11-5-7-13-18(16)19/h1-13,21H. The summed E-state index contributed by atoms with van der Waals surface area (Å²) in [6.07, 6.45) is 0. The average Bonchev–Trinajstić information content (AvgIpc) is 2.95. The number of rotatable bonds is 3. The smallest absolute Gasteiger partial charge is 0.200 e. The van der Waals surface area contributed by atoms with Gasteiger partial charge in [0.2, 0.25) is 0 Å². The summed E-state index contributed by atoms with van der Waals surface area (Å²) in [6.45, 7) is 0. The Bertz CT molecular complexity index is 994. The highest BCUT2D eigenvalue weighted by molar-refractivity contribution is 7.89. The first-order chi connectivity index (χ1) is 11.7. The number of fused-ring (bicyclic) bond motifs is 3. The van der Waals surface area contributed by atoms with Crippen LogP contribution in [0.15, 0.2) is 88.9 Å². The molecule has 0 saturated carbocycles. The number of hydrazone groups is 1. The summed E-state index contributed by atoms with van der Waals surface area (Å²) in [4.78, 5) is 2.55. The van der Waals surface area contributed by atoms with E-state index in [1.807, 2.05) is 48.5 Å². The highest BCUT2D eigenvalue weighted by atomic mass is 32.2.